The molecule has 0 aromatic rings. The highest BCUT2D eigenvalue weighted by Gasteiger charge is 2.47. The molecule has 2 fully saturated rings. The molecular weight excluding hydrogens is 776 g/mol. The van der Waals surface area contributed by atoms with Gasteiger partial charge in [0, 0.05) is 13.0 Å². The van der Waals surface area contributed by atoms with Crippen molar-refractivity contribution in [2.75, 3.05) is 33.0 Å². The van der Waals surface area contributed by atoms with Crippen LogP contribution in [-0.2, 0) is 33.2 Å². The van der Waals surface area contributed by atoms with E-state index in [4.69, 9.17) is 28.4 Å². The van der Waals surface area contributed by atoms with Gasteiger partial charge < -0.3 is 64.2 Å². The number of hydrogen-bond donors (Lipinski definition) is 7. The molecule has 0 bridgehead atoms. The van der Waals surface area contributed by atoms with Crippen LogP contribution in [0.5, 0.6) is 0 Å². The average Bonchev–Trinajstić information content (AvgIpc) is 3.24. The summed E-state index contributed by atoms with van der Waals surface area (Å²) in [5.74, 6) is -0.384. The van der Waals surface area contributed by atoms with Crippen molar-refractivity contribution in [3.63, 3.8) is 0 Å². The number of unbranched alkanes of at least 4 members (excludes halogenated alkanes) is 21. The van der Waals surface area contributed by atoms with Crippen LogP contribution in [0, 0.1) is 0 Å². The zero-order chi connectivity index (χ0) is 43.8. The Morgan fingerprint density at radius 1 is 0.533 bits per heavy atom. The molecule has 2 heterocycles. The fraction of sp³-hybridized carbons (Fsp3) is 0.935. The van der Waals surface area contributed by atoms with E-state index in [1.165, 1.54) is 89.9 Å². The number of ether oxygens (including phenoxy) is 6. The topological polar surface area (TPSA) is 214 Å². The van der Waals surface area contributed by atoms with Crippen LogP contribution in [0.2, 0.25) is 0 Å². The second-order valence-corrected chi connectivity index (χ2v) is 16.9. The fourth-order valence-electron chi connectivity index (χ4n) is 7.57. The summed E-state index contributed by atoms with van der Waals surface area (Å²) >= 11 is 0. The summed E-state index contributed by atoms with van der Waals surface area (Å²) in [6.07, 6.45) is 17.0. The third kappa shape index (κ3) is 23.4. The molecule has 0 aliphatic carbocycles. The van der Waals surface area contributed by atoms with Crippen LogP contribution < -0.4 is 0 Å². The van der Waals surface area contributed by atoms with Crippen LogP contribution in [0.1, 0.15) is 174 Å². The van der Waals surface area contributed by atoms with E-state index in [0.717, 1.165) is 57.8 Å². The van der Waals surface area contributed by atoms with Crippen LogP contribution in [0.3, 0.4) is 0 Å². The second kappa shape index (κ2) is 35.1. The Morgan fingerprint density at radius 3 is 1.53 bits per heavy atom. The summed E-state index contributed by atoms with van der Waals surface area (Å²) in [7, 11) is 0. The van der Waals surface area contributed by atoms with Gasteiger partial charge in [0.15, 0.2) is 12.6 Å². The first-order valence-electron chi connectivity index (χ1n) is 23.8. The molecule has 2 aliphatic heterocycles. The summed E-state index contributed by atoms with van der Waals surface area (Å²) in [5, 5.41) is 71.9. The van der Waals surface area contributed by atoms with Crippen LogP contribution in [0.25, 0.3) is 0 Å². The average molecular weight is 863 g/mol. The van der Waals surface area contributed by atoms with Crippen molar-refractivity contribution in [1.82, 2.24) is 0 Å². The molecule has 2 aliphatic rings. The summed E-state index contributed by atoms with van der Waals surface area (Å²) < 4.78 is 34.2. The van der Waals surface area contributed by atoms with E-state index < -0.39 is 80.7 Å². The minimum Gasteiger partial charge on any atom is -0.457 e. The second-order valence-electron chi connectivity index (χ2n) is 16.9. The van der Waals surface area contributed by atoms with Gasteiger partial charge in [-0.3, -0.25) is 4.79 Å². The minimum absolute atomic E-state index is 0.0633. The van der Waals surface area contributed by atoms with E-state index in [1.54, 1.807) is 0 Å². The monoisotopic (exact) mass is 863 g/mol. The van der Waals surface area contributed by atoms with E-state index in [0.29, 0.717) is 13.0 Å². The predicted molar refractivity (Wildman–Crippen MR) is 229 cm³/mol. The van der Waals surface area contributed by atoms with Gasteiger partial charge in [-0.1, -0.05) is 142 Å². The van der Waals surface area contributed by atoms with Crippen molar-refractivity contribution in [3.05, 3.63) is 12.2 Å². The van der Waals surface area contributed by atoms with Crippen molar-refractivity contribution < 1.29 is 69.0 Å². The lowest BCUT2D eigenvalue weighted by molar-refractivity contribution is -0.332. The maximum absolute atomic E-state index is 12.9. The van der Waals surface area contributed by atoms with E-state index >= 15 is 0 Å². The van der Waals surface area contributed by atoms with Gasteiger partial charge in [-0.2, -0.15) is 0 Å². The number of carbonyl (C=O) groups excluding carboxylic acids is 1. The Bertz CT molecular complexity index is 1050. The van der Waals surface area contributed by atoms with Crippen LogP contribution >= 0.6 is 0 Å². The molecule has 0 saturated carbocycles. The Balaban J connectivity index is 1.81. The van der Waals surface area contributed by atoms with E-state index in [9.17, 15) is 40.5 Å². The van der Waals surface area contributed by atoms with E-state index in [1.807, 2.05) is 0 Å². The van der Waals surface area contributed by atoms with Gasteiger partial charge in [0.05, 0.1) is 26.4 Å². The lowest BCUT2D eigenvalue weighted by Gasteiger charge is -2.42. The molecule has 354 valence electrons. The first-order chi connectivity index (χ1) is 29.1. The smallest absolute Gasteiger partial charge is 0.306 e. The van der Waals surface area contributed by atoms with Gasteiger partial charge in [0.25, 0.3) is 0 Å². The number of carbonyl (C=O) groups is 1. The van der Waals surface area contributed by atoms with Crippen LogP contribution in [0.15, 0.2) is 12.2 Å². The molecule has 0 amide bonds. The molecule has 60 heavy (non-hydrogen) atoms. The molecule has 14 heteroatoms. The first kappa shape index (κ1) is 54.9. The summed E-state index contributed by atoms with van der Waals surface area (Å²) in [6.45, 7) is 3.67. The Morgan fingerprint density at radius 2 is 0.983 bits per heavy atom. The van der Waals surface area contributed by atoms with Gasteiger partial charge in [0.1, 0.15) is 54.9 Å². The number of aliphatic hydroxyl groups excluding tert-OH is 7. The van der Waals surface area contributed by atoms with Gasteiger partial charge >= 0.3 is 5.97 Å². The SMILES string of the molecule is CCCCCC/C=C\CCCCCCCC(=O)OC(COCCCCCCCCCCCCCCC)COC1OC(COC2OC(CO)C(O)C(O)C2O)C(O)C(O)C1O. The third-order valence-electron chi connectivity index (χ3n) is 11.5. The van der Waals surface area contributed by atoms with Crippen molar-refractivity contribution in [2.24, 2.45) is 0 Å². The molecule has 2 rings (SSSR count). The summed E-state index contributed by atoms with van der Waals surface area (Å²) in [4.78, 5) is 12.9. The Hall–Kier alpha value is -1.27. The largest absolute Gasteiger partial charge is 0.457 e. The highest BCUT2D eigenvalue weighted by Crippen LogP contribution is 2.26. The molecule has 0 aromatic heterocycles. The van der Waals surface area contributed by atoms with E-state index in [-0.39, 0.29) is 25.6 Å². The van der Waals surface area contributed by atoms with Crippen molar-refractivity contribution in [1.29, 1.82) is 0 Å². The highest BCUT2D eigenvalue weighted by atomic mass is 16.7. The number of hydrogen-bond acceptors (Lipinski definition) is 14. The zero-order valence-corrected chi connectivity index (χ0v) is 37.2. The van der Waals surface area contributed by atoms with Gasteiger partial charge in [-0.05, 0) is 38.5 Å². The quantitative estimate of drug-likeness (QED) is 0.0220. The molecule has 11 atom stereocenters. The van der Waals surface area contributed by atoms with Gasteiger partial charge in [-0.15, -0.1) is 0 Å². The molecule has 14 nitrogen and oxygen atoms in total. The summed E-state index contributed by atoms with van der Waals surface area (Å²) in [6, 6.07) is 0. The molecule has 2 saturated heterocycles. The Kier molecular flexibility index (Phi) is 32.1. The Labute approximate surface area is 361 Å². The maximum Gasteiger partial charge on any atom is 0.306 e. The van der Waals surface area contributed by atoms with Crippen LogP contribution in [-0.4, -0.2) is 142 Å². The summed E-state index contributed by atoms with van der Waals surface area (Å²) in [5.41, 5.74) is 0. The molecule has 0 aromatic carbocycles. The van der Waals surface area contributed by atoms with Gasteiger partial charge in [-0.25, -0.2) is 0 Å². The number of rotatable bonds is 37. The third-order valence-corrected chi connectivity index (χ3v) is 11.5. The lowest BCUT2D eigenvalue weighted by Crippen LogP contribution is -2.61. The number of allylic oxidation sites excluding steroid dienone is 2. The molecule has 0 radical (unpaired) electrons. The first-order valence-corrected chi connectivity index (χ1v) is 23.8. The van der Waals surface area contributed by atoms with Gasteiger partial charge in [0.2, 0.25) is 0 Å². The molecule has 11 unspecified atom stereocenters. The normalized spacial score (nSPS) is 27.8. The minimum atomic E-state index is -1.70. The van der Waals surface area contributed by atoms with Crippen LogP contribution in [0.4, 0.5) is 0 Å². The predicted octanol–water partition coefficient (Wildman–Crippen LogP) is 5.90. The molecule has 0 spiro atoms. The fourth-order valence-corrected chi connectivity index (χ4v) is 7.57. The molecule has 7 N–H and O–H groups in total. The molecular formula is C46H86O14. The van der Waals surface area contributed by atoms with Crippen molar-refractivity contribution in [3.8, 4) is 0 Å². The highest BCUT2D eigenvalue weighted by molar-refractivity contribution is 5.69. The zero-order valence-electron chi connectivity index (χ0n) is 37.2. The van der Waals surface area contributed by atoms with E-state index in [2.05, 4.69) is 26.0 Å². The van der Waals surface area contributed by atoms with Crippen molar-refractivity contribution >= 4 is 5.97 Å². The van der Waals surface area contributed by atoms with Crippen molar-refractivity contribution in [2.45, 2.75) is 242 Å². The standard InChI is InChI=1S/C46H86O14/c1-3-5-7-9-11-13-15-17-19-21-23-25-27-29-38(48)58-35(32-55-30-28-26-24-22-20-18-16-14-12-10-8-6-4-2)33-56-45-44(54)42(52)40(50)37(60-45)34-57-46-43(53)41(51)39(49)36(31-47)59-46/h13,15,35-37,39-47,49-54H,3-12,14,16-34H2,1-2H3/b15-13-. The maximum atomic E-state index is 12.9. The number of aliphatic hydroxyl groups is 7. The lowest BCUT2D eigenvalue weighted by atomic mass is 9.98. The number of esters is 1.